The van der Waals surface area contributed by atoms with E-state index in [0.29, 0.717) is 12.2 Å². The normalized spacial score (nSPS) is 32.3. The molecule has 0 radical (unpaired) electrons. The molecule has 2 rings (SSSR count). The molecule has 0 aliphatic carbocycles. The molecule has 0 aromatic carbocycles. The molecule has 0 saturated carbocycles. The van der Waals surface area contributed by atoms with Gasteiger partial charge in [-0.1, -0.05) is 5.21 Å². The number of aliphatic hydroxyl groups excluding tert-OH is 2. The van der Waals surface area contributed by atoms with Gasteiger partial charge in [-0.3, -0.25) is 0 Å². The van der Waals surface area contributed by atoms with E-state index in [1.54, 1.807) is 0 Å². The molecule has 1 aromatic rings. The molecule has 1 aromatic heterocycles. The average Bonchev–Trinajstić information content (AvgIpc) is 2.71. The molecule has 4 N–H and O–H groups in total. The van der Waals surface area contributed by atoms with Crippen molar-refractivity contribution in [2.24, 2.45) is 0 Å². The molecule has 7 heteroatoms. The molecular weight excluding hydrogens is 188 g/mol. The van der Waals surface area contributed by atoms with E-state index in [2.05, 4.69) is 10.3 Å². The molecule has 7 nitrogen and oxygen atoms in total. The second kappa shape index (κ2) is 3.52. The van der Waals surface area contributed by atoms with Gasteiger partial charge in [0.1, 0.15) is 6.10 Å². The third-order valence-corrected chi connectivity index (χ3v) is 2.21. The molecule has 2 heterocycles. The highest BCUT2D eigenvalue weighted by atomic mass is 16.5. The maximum atomic E-state index is 9.45. The van der Waals surface area contributed by atoms with Gasteiger partial charge in [0.25, 0.3) is 0 Å². The monoisotopic (exact) mass is 200 g/mol. The summed E-state index contributed by atoms with van der Waals surface area (Å²) in [7, 11) is 0. The molecule has 14 heavy (non-hydrogen) atoms. The lowest BCUT2D eigenvalue weighted by atomic mass is 10.2. The van der Waals surface area contributed by atoms with Gasteiger partial charge in [-0.25, -0.2) is 4.68 Å². The zero-order valence-corrected chi connectivity index (χ0v) is 7.45. The molecule has 0 spiro atoms. The minimum atomic E-state index is -0.671. The molecule has 78 valence electrons. The van der Waals surface area contributed by atoms with E-state index in [1.165, 1.54) is 10.9 Å². The molecule has 0 unspecified atom stereocenters. The Balaban J connectivity index is 2.08. The average molecular weight is 200 g/mol. The van der Waals surface area contributed by atoms with Crippen LogP contribution < -0.4 is 5.73 Å². The lowest BCUT2D eigenvalue weighted by Crippen LogP contribution is -2.24. The number of nitrogen functional groups attached to an aromatic ring is 1. The number of anilines is 1. The predicted molar refractivity (Wildman–Crippen MR) is 46.1 cm³/mol. The van der Waals surface area contributed by atoms with Gasteiger partial charge >= 0.3 is 0 Å². The highest BCUT2D eigenvalue weighted by Crippen LogP contribution is 2.27. The summed E-state index contributed by atoms with van der Waals surface area (Å²) in [6.45, 7) is -0.207. The Kier molecular flexibility index (Phi) is 2.36. The predicted octanol–water partition coefficient (Wildman–Crippen LogP) is -1.50. The maximum Gasteiger partial charge on any atom is 0.166 e. The number of hydrogen-bond donors (Lipinski definition) is 3. The number of nitrogens with zero attached hydrogens (tertiary/aromatic N) is 3. The summed E-state index contributed by atoms with van der Waals surface area (Å²) in [5.41, 5.74) is 5.39. The lowest BCUT2D eigenvalue weighted by Gasteiger charge is -2.11. The highest BCUT2D eigenvalue weighted by Gasteiger charge is 2.34. The second-order valence-corrected chi connectivity index (χ2v) is 3.24. The standard InChI is InChI=1S/C7H12N4O3/c8-6-2-11(10-9-6)7-1-4(13)5(3-12)14-7/h2,4-5,7,12-13H,1,3,8H2/t4-,5+,7+/m0/s1. The maximum absolute atomic E-state index is 9.45. The quantitative estimate of drug-likeness (QED) is 0.536. The van der Waals surface area contributed by atoms with Gasteiger partial charge in [-0.15, -0.1) is 5.10 Å². The SMILES string of the molecule is Nc1cn([C@H]2C[C@H](O)[C@@H](CO)O2)nn1. The van der Waals surface area contributed by atoms with Crippen LogP contribution in [-0.4, -0.2) is 44.0 Å². The van der Waals surface area contributed by atoms with Crippen LogP contribution in [0.3, 0.4) is 0 Å². The highest BCUT2D eigenvalue weighted by molar-refractivity contribution is 5.20. The fourth-order valence-electron chi connectivity index (χ4n) is 1.47. The Morgan fingerprint density at radius 2 is 2.50 bits per heavy atom. The Morgan fingerprint density at radius 1 is 1.71 bits per heavy atom. The van der Waals surface area contributed by atoms with Gasteiger partial charge in [-0.2, -0.15) is 0 Å². The first-order valence-corrected chi connectivity index (χ1v) is 4.32. The fourth-order valence-corrected chi connectivity index (χ4v) is 1.47. The minimum Gasteiger partial charge on any atom is -0.394 e. The van der Waals surface area contributed by atoms with Gasteiger partial charge in [0, 0.05) is 6.42 Å². The van der Waals surface area contributed by atoms with Crippen molar-refractivity contribution in [2.75, 3.05) is 12.3 Å². The first-order valence-electron chi connectivity index (χ1n) is 4.32. The van der Waals surface area contributed by atoms with Crippen molar-refractivity contribution in [1.29, 1.82) is 0 Å². The lowest BCUT2D eigenvalue weighted by molar-refractivity contribution is -0.0489. The van der Waals surface area contributed by atoms with Crippen molar-refractivity contribution in [3.8, 4) is 0 Å². The number of ether oxygens (including phenoxy) is 1. The first-order chi connectivity index (χ1) is 6.70. The third-order valence-electron chi connectivity index (χ3n) is 2.21. The van der Waals surface area contributed by atoms with Crippen LogP contribution in [-0.2, 0) is 4.74 Å². The van der Waals surface area contributed by atoms with Gasteiger partial charge in [0.15, 0.2) is 12.0 Å². The summed E-state index contributed by atoms with van der Waals surface area (Å²) >= 11 is 0. The molecule has 3 atom stereocenters. The number of hydrogen-bond acceptors (Lipinski definition) is 6. The van der Waals surface area contributed by atoms with Crippen LogP contribution in [0.4, 0.5) is 5.82 Å². The van der Waals surface area contributed by atoms with E-state index < -0.39 is 18.4 Å². The summed E-state index contributed by atoms with van der Waals surface area (Å²) in [5.74, 6) is 0.301. The number of aromatic nitrogens is 3. The molecule has 1 aliphatic heterocycles. The zero-order valence-electron chi connectivity index (χ0n) is 7.45. The van der Waals surface area contributed by atoms with E-state index in [1.807, 2.05) is 0 Å². The van der Waals surface area contributed by atoms with Crippen molar-refractivity contribution >= 4 is 5.82 Å². The van der Waals surface area contributed by atoms with Crippen molar-refractivity contribution < 1.29 is 14.9 Å². The third kappa shape index (κ3) is 1.57. The Hall–Kier alpha value is -1.18. The largest absolute Gasteiger partial charge is 0.394 e. The van der Waals surface area contributed by atoms with Crippen molar-refractivity contribution in [3.63, 3.8) is 0 Å². The fraction of sp³-hybridized carbons (Fsp3) is 0.714. The summed E-state index contributed by atoms with van der Waals surface area (Å²) in [6.07, 6.45) is 0.290. The van der Waals surface area contributed by atoms with E-state index in [0.717, 1.165) is 0 Å². The van der Waals surface area contributed by atoms with Crippen LogP contribution in [0.2, 0.25) is 0 Å². The molecular formula is C7H12N4O3. The Labute approximate surface area is 80.1 Å². The van der Waals surface area contributed by atoms with Crippen LogP contribution >= 0.6 is 0 Å². The molecule has 1 saturated heterocycles. The summed E-state index contributed by atoms with van der Waals surface area (Å²) in [5, 5.41) is 25.6. The molecule has 0 amide bonds. The van der Waals surface area contributed by atoms with Crippen LogP contribution in [0.1, 0.15) is 12.6 Å². The zero-order chi connectivity index (χ0) is 10.1. The van der Waals surface area contributed by atoms with Crippen molar-refractivity contribution in [1.82, 2.24) is 15.0 Å². The van der Waals surface area contributed by atoms with Gasteiger partial charge < -0.3 is 20.7 Å². The van der Waals surface area contributed by atoms with E-state index >= 15 is 0 Å². The van der Waals surface area contributed by atoms with E-state index in [4.69, 9.17) is 15.6 Å². The smallest absolute Gasteiger partial charge is 0.166 e. The second-order valence-electron chi connectivity index (χ2n) is 3.24. The number of nitrogens with two attached hydrogens (primary N) is 1. The van der Waals surface area contributed by atoms with Crippen molar-refractivity contribution in [3.05, 3.63) is 6.20 Å². The van der Waals surface area contributed by atoms with Crippen LogP contribution in [0.25, 0.3) is 0 Å². The molecule has 1 aliphatic rings. The number of rotatable bonds is 2. The Morgan fingerprint density at radius 3 is 3.00 bits per heavy atom. The summed E-state index contributed by atoms with van der Waals surface area (Å²) in [4.78, 5) is 0. The van der Waals surface area contributed by atoms with E-state index in [9.17, 15) is 5.11 Å². The summed E-state index contributed by atoms with van der Waals surface area (Å²) in [6, 6.07) is 0. The Bertz CT molecular complexity index is 316. The molecule has 1 fully saturated rings. The summed E-state index contributed by atoms with van der Waals surface area (Å²) < 4.78 is 6.77. The topological polar surface area (TPSA) is 106 Å². The van der Waals surface area contributed by atoms with Gasteiger partial charge in [-0.05, 0) is 0 Å². The van der Waals surface area contributed by atoms with Gasteiger partial charge in [0.05, 0.1) is 18.9 Å². The van der Waals surface area contributed by atoms with Crippen LogP contribution in [0.15, 0.2) is 6.20 Å². The van der Waals surface area contributed by atoms with Crippen molar-refractivity contribution in [2.45, 2.75) is 24.9 Å². The number of aliphatic hydroxyl groups is 2. The van der Waals surface area contributed by atoms with Gasteiger partial charge in [0.2, 0.25) is 0 Å². The van der Waals surface area contributed by atoms with E-state index in [-0.39, 0.29) is 6.61 Å². The van der Waals surface area contributed by atoms with Crippen LogP contribution in [0.5, 0.6) is 0 Å². The first kappa shape index (κ1) is 9.38. The van der Waals surface area contributed by atoms with Crippen LogP contribution in [0, 0.1) is 0 Å². The molecule has 0 bridgehead atoms. The minimum absolute atomic E-state index is 0.207.